The summed E-state index contributed by atoms with van der Waals surface area (Å²) in [4.78, 5) is 25.1. The van der Waals surface area contributed by atoms with Gasteiger partial charge in [-0.2, -0.15) is 0 Å². The highest BCUT2D eigenvalue weighted by molar-refractivity contribution is 6.35. The van der Waals surface area contributed by atoms with Crippen LogP contribution in [0.2, 0.25) is 10.0 Å². The SMILES string of the molecule is CC(=O)N(CCNC(=O)C(C)(C)C)c1cc(Cl)cc(Cl)c1. The molecule has 0 aromatic heterocycles. The molecule has 0 atom stereocenters. The minimum atomic E-state index is -0.458. The van der Waals surface area contributed by atoms with Crippen molar-refractivity contribution in [1.82, 2.24) is 5.32 Å². The van der Waals surface area contributed by atoms with Crippen molar-refractivity contribution in [3.8, 4) is 0 Å². The smallest absolute Gasteiger partial charge is 0.225 e. The Morgan fingerprint density at radius 1 is 1.14 bits per heavy atom. The lowest BCUT2D eigenvalue weighted by Gasteiger charge is -2.23. The van der Waals surface area contributed by atoms with Gasteiger partial charge < -0.3 is 10.2 Å². The standard InChI is InChI=1S/C15H20Cl2N2O2/c1-10(20)19(6-5-18-14(21)15(2,3)4)13-8-11(16)7-12(17)9-13/h7-9H,5-6H2,1-4H3,(H,18,21). The van der Waals surface area contributed by atoms with E-state index in [0.29, 0.717) is 28.8 Å². The molecular formula is C15H20Cl2N2O2. The molecule has 0 saturated heterocycles. The van der Waals surface area contributed by atoms with Crippen LogP contribution in [0.15, 0.2) is 18.2 Å². The monoisotopic (exact) mass is 330 g/mol. The van der Waals surface area contributed by atoms with Crippen LogP contribution in [-0.2, 0) is 9.59 Å². The van der Waals surface area contributed by atoms with Gasteiger partial charge in [0.25, 0.3) is 0 Å². The zero-order valence-electron chi connectivity index (χ0n) is 12.7. The van der Waals surface area contributed by atoms with Crippen molar-refractivity contribution in [3.63, 3.8) is 0 Å². The molecule has 4 nitrogen and oxygen atoms in total. The fourth-order valence-corrected chi connectivity index (χ4v) is 2.22. The molecule has 116 valence electrons. The first-order valence-corrected chi connectivity index (χ1v) is 7.39. The molecule has 0 saturated carbocycles. The van der Waals surface area contributed by atoms with Gasteiger partial charge in [-0.1, -0.05) is 44.0 Å². The Hall–Kier alpha value is -1.26. The molecule has 0 heterocycles. The fraction of sp³-hybridized carbons (Fsp3) is 0.467. The molecule has 1 aromatic rings. The molecule has 1 rings (SSSR count). The van der Waals surface area contributed by atoms with Crippen LogP contribution in [0, 0.1) is 5.41 Å². The lowest BCUT2D eigenvalue weighted by Crippen LogP contribution is -2.41. The Kier molecular flexibility index (Phi) is 6.05. The summed E-state index contributed by atoms with van der Waals surface area (Å²) in [5.41, 5.74) is 0.158. The topological polar surface area (TPSA) is 49.4 Å². The normalized spacial score (nSPS) is 11.1. The Morgan fingerprint density at radius 2 is 1.67 bits per heavy atom. The van der Waals surface area contributed by atoms with Gasteiger partial charge >= 0.3 is 0 Å². The van der Waals surface area contributed by atoms with Gasteiger partial charge in [0.15, 0.2) is 0 Å². The third-order valence-corrected chi connectivity index (χ3v) is 3.28. The largest absolute Gasteiger partial charge is 0.354 e. The first-order chi connectivity index (χ1) is 9.61. The van der Waals surface area contributed by atoms with Gasteiger partial charge in [-0.25, -0.2) is 0 Å². The van der Waals surface area contributed by atoms with Crippen molar-refractivity contribution < 1.29 is 9.59 Å². The number of carbonyl (C=O) groups excluding carboxylic acids is 2. The quantitative estimate of drug-likeness (QED) is 0.918. The molecule has 6 heteroatoms. The second kappa shape index (κ2) is 7.14. The molecule has 0 aliphatic rings. The fourth-order valence-electron chi connectivity index (χ4n) is 1.71. The number of carbonyl (C=O) groups is 2. The highest BCUT2D eigenvalue weighted by atomic mass is 35.5. The van der Waals surface area contributed by atoms with E-state index in [1.807, 2.05) is 20.8 Å². The number of nitrogens with zero attached hydrogens (tertiary/aromatic N) is 1. The Bertz CT molecular complexity index is 519. The highest BCUT2D eigenvalue weighted by Crippen LogP contribution is 2.25. The zero-order valence-corrected chi connectivity index (χ0v) is 14.2. The second-order valence-electron chi connectivity index (χ2n) is 5.80. The number of nitrogens with one attached hydrogen (secondary N) is 1. The molecule has 1 N–H and O–H groups in total. The predicted octanol–water partition coefficient (Wildman–Crippen LogP) is 3.51. The van der Waals surface area contributed by atoms with E-state index in [-0.39, 0.29) is 11.8 Å². The summed E-state index contributed by atoms with van der Waals surface area (Å²) in [5, 5.41) is 3.73. The van der Waals surface area contributed by atoms with E-state index in [1.165, 1.54) is 11.8 Å². The lowest BCUT2D eigenvalue weighted by atomic mass is 9.96. The van der Waals surface area contributed by atoms with Crippen molar-refractivity contribution in [2.45, 2.75) is 27.7 Å². The third-order valence-electron chi connectivity index (χ3n) is 2.84. The van der Waals surface area contributed by atoms with E-state index >= 15 is 0 Å². The maximum atomic E-state index is 11.8. The zero-order chi connectivity index (χ0) is 16.2. The summed E-state index contributed by atoms with van der Waals surface area (Å²) in [7, 11) is 0. The summed E-state index contributed by atoms with van der Waals surface area (Å²) in [6, 6.07) is 4.94. The van der Waals surface area contributed by atoms with Crippen molar-refractivity contribution in [2.24, 2.45) is 5.41 Å². The number of amides is 2. The van der Waals surface area contributed by atoms with Crippen LogP contribution in [0.25, 0.3) is 0 Å². The maximum absolute atomic E-state index is 11.8. The molecule has 0 aliphatic heterocycles. The molecule has 21 heavy (non-hydrogen) atoms. The van der Waals surface area contributed by atoms with Gasteiger partial charge in [0.1, 0.15) is 0 Å². The average molecular weight is 331 g/mol. The Labute approximate surface area is 135 Å². The summed E-state index contributed by atoms with van der Waals surface area (Å²) in [6.45, 7) is 7.68. The van der Waals surface area contributed by atoms with Crippen LogP contribution in [0.4, 0.5) is 5.69 Å². The van der Waals surface area contributed by atoms with E-state index in [2.05, 4.69) is 5.32 Å². The van der Waals surface area contributed by atoms with Crippen LogP contribution in [0.3, 0.4) is 0 Å². The summed E-state index contributed by atoms with van der Waals surface area (Å²) >= 11 is 11.9. The maximum Gasteiger partial charge on any atom is 0.225 e. The molecule has 1 aromatic carbocycles. The molecule has 0 spiro atoms. The van der Waals surface area contributed by atoms with Crippen molar-refractivity contribution >= 4 is 40.7 Å². The average Bonchev–Trinajstić information content (AvgIpc) is 2.31. The van der Waals surface area contributed by atoms with Crippen LogP contribution in [0.1, 0.15) is 27.7 Å². The summed E-state index contributed by atoms with van der Waals surface area (Å²) in [5.74, 6) is -0.200. The van der Waals surface area contributed by atoms with Gasteiger partial charge in [0.2, 0.25) is 11.8 Å². The van der Waals surface area contributed by atoms with Gasteiger partial charge in [-0.15, -0.1) is 0 Å². The number of halogens is 2. The molecule has 2 amide bonds. The van der Waals surface area contributed by atoms with E-state index in [0.717, 1.165) is 0 Å². The van der Waals surface area contributed by atoms with Gasteiger partial charge in [0.05, 0.1) is 0 Å². The van der Waals surface area contributed by atoms with E-state index < -0.39 is 5.41 Å². The van der Waals surface area contributed by atoms with E-state index in [1.54, 1.807) is 18.2 Å². The van der Waals surface area contributed by atoms with Crippen LogP contribution in [-0.4, -0.2) is 24.9 Å². The highest BCUT2D eigenvalue weighted by Gasteiger charge is 2.21. The van der Waals surface area contributed by atoms with Gasteiger partial charge in [-0.3, -0.25) is 9.59 Å². The van der Waals surface area contributed by atoms with E-state index in [9.17, 15) is 9.59 Å². The molecule has 0 aliphatic carbocycles. The number of rotatable bonds is 4. The van der Waals surface area contributed by atoms with Gasteiger partial charge in [0, 0.05) is 41.2 Å². The first kappa shape index (κ1) is 17.8. The van der Waals surface area contributed by atoms with Crippen LogP contribution >= 0.6 is 23.2 Å². The van der Waals surface area contributed by atoms with Crippen molar-refractivity contribution in [1.29, 1.82) is 0 Å². The third kappa shape index (κ3) is 5.56. The molecule has 0 radical (unpaired) electrons. The van der Waals surface area contributed by atoms with Crippen LogP contribution < -0.4 is 10.2 Å². The Balaban J connectivity index is 2.76. The summed E-state index contributed by atoms with van der Waals surface area (Å²) < 4.78 is 0. The second-order valence-corrected chi connectivity index (χ2v) is 6.68. The predicted molar refractivity (Wildman–Crippen MR) is 87.0 cm³/mol. The molecule has 0 fully saturated rings. The molecular weight excluding hydrogens is 311 g/mol. The number of hydrogen-bond acceptors (Lipinski definition) is 2. The minimum Gasteiger partial charge on any atom is -0.354 e. The van der Waals surface area contributed by atoms with Crippen molar-refractivity contribution in [3.05, 3.63) is 28.2 Å². The lowest BCUT2D eigenvalue weighted by molar-refractivity contribution is -0.128. The minimum absolute atomic E-state index is 0.0601. The number of hydrogen-bond donors (Lipinski definition) is 1. The first-order valence-electron chi connectivity index (χ1n) is 6.64. The summed E-state index contributed by atoms with van der Waals surface area (Å²) in [6.07, 6.45) is 0. The van der Waals surface area contributed by atoms with Crippen molar-refractivity contribution in [2.75, 3.05) is 18.0 Å². The number of anilines is 1. The number of benzene rings is 1. The van der Waals surface area contributed by atoms with Crippen LogP contribution in [0.5, 0.6) is 0 Å². The molecule has 0 unspecified atom stereocenters. The Morgan fingerprint density at radius 3 is 2.10 bits per heavy atom. The van der Waals surface area contributed by atoms with E-state index in [4.69, 9.17) is 23.2 Å². The molecule has 0 bridgehead atoms. The van der Waals surface area contributed by atoms with Gasteiger partial charge in [-0.05, 0) is 18.2 Å².